The minimum absolute atomic E-state index is 0.756. The lowest BCUT2D eigenvalue weighted by atomic mass is 10.2. The molecule has 0 radical (unpaired) electrons. The minimum atomic E-state index is 0.756. The van der Waals surface area contributed by atoms with Crippen molar-refractivity contribution < 1.29 is 9.53 Å². The van der Waals surface area contributed by atoms with Crippen LogP contribution in [0.1, 0.15) is 9.67 Å². The minimum Gasteiger partial charge on any atom is -0.496 e. The maximum Gasteiger partial charge on any atom is 0.160 e. The first-order chi connectivity index (χ1) is 6.76. The largest absolute Gasteiger partial charge is 0.496 e. The second kappa shape index (κ2) is 3.86. The zero-order valence-electron chi connectivity index (χ0n) is 7.41. The van der Waals surface area contributed by atoms with Gasteiger partial charge in [-0.2, -0.15) is 0 Å². The van der Waals surface area contributed by atoms with E-state index in [1.807, 2.05) is 18.2 Å². The van der Waals surface area contributed by atoms with Gasteiger partial charge in [-0.05, 0) is 40.8 Å². The summed E-state index contributed by atoms with van der Waals surface area (Å²) in [5, 5.41) is 1.09. The highest BCUT2D eigenvalue weighted by molar-refractivity contribution is 14.1. The van der Waals surface area contributed by atoms with Crippen molar-refractivity contribution in [2.45, 2.75) is 0 Å². The fourth-order valence-corrected chi connectivity index (χ4v) is 3.21. The third-order valence-electron chi connectivity index (χ3n) is 1.95. The Morgan fingerprint density at radius 1 is 1.50 bits per heavy atom. The van der Waals surface area contributed by atoms with E-state index in [0.29, 0.717) is 0 Å². The van der Waals surface area contributed by atoms with Gasteiger partial charge in [0.15, 0.2) is 6.29 Å². The van der Waals surface area contributed by atoms with E-state index in [0.717, 1.165) is 30.6 Å². The molecule has 0 spiro atoms. The summed E-state index contributed by atoms with van der Waals surface area (Å²) in [6.07, 6.45) is 0.882. The summed E-state index contributed by atoms with van der Waals surface area (Å²) < 4.78 is 7.39. The number of hydrogen-bond acceptors (Lipinski definition) is 3. The van der Waals surface area contributed by atoms with E-state index in [4.69, 9.17) is 4.74 Å². The van der Waals surface area contributed by atoms with Crippen molar-refractivity contribution >= 4 is 50.3 Å². The van der Waals surface area contributed by atoms with Gasteiger partial charge in [-0.25, -0.2) is 0 Å². The van der Waals surface area contributed by atoms with Gasteiger partial charge < -0.3 is 4.74 Å². The molecule has 0 saturated carbocycles. The maximum absolute atomic E-state index is 10.6. The number of halogens is 1. The van der Waals surface area contributed by atoms with Crippen LogP contribution >= 0.6 is 33.9 Å². The van der Waals surface area contributed by atoms with Crippen LogP contribution in [0.3, 0.4) is 0 Å². The van der Waals surface area contributed by atoms with Gasteiger partial charge in [-0.15, -0.1) is 11.3 Å². The number of aldehydes is 1. The van der Waals surface area contributed by atoms with Gasteiger partial charge in [-0.1, -0.05) is 0 Å². The van der Waals surface area contributed by atoms with Crippen molar-refractivity contribution in [3.63, 3.8) is 0 Å². The standard InChI is InChI=1S/C10H7IO2S/c1-13-8-2-3-9-7(10(8)11)4-6(5-12)14-9/h2-5H,1H3. The Labute approximate surface area is 99.0 Å². The first-order valence-electron chi connectivity index (χ1n) is 3.97. The molecular weight excluding hydrogens is 311 g/mol. The molecule has 0 amide bonds. The van der Waals surface area contributed by atoms with Crippen molar-refractivity contribution in [3.05, 3.63) is 26.6 Å². The van der Waals surface area contributed by atoms with E-state index in [1.165, 1.54) is 11.3 Å². The third-order valence-corrected chi connectivity index (χ3v) is 4.09. The molecule has 0 aliphatic carbocycles. The van der Waals surface area contributed by atoms with E-state index in [-0.39, 0.29) is 0 Å². The number of benzene rings is 1. The average Bonchev–Trinajstić information content (AvgIpc) is 2.62. The third kappa shape index (κ3) is 1.52. The number of rotatable bonds is 2. The molecule has 72 valence electrons. The molecular formula is C10H7IO2S. The molecule has 14 heavy (non-hydrogen) atoms. The molecule has 0 fully saturated rings. The molecule has 4 heteroatoms. The number of ether oxygens (including phenoxy) is 1. The van der Waals surface area contributed by atoms with Gasteiger partial charge in [0.1, 0.15) is 5.75 Å². The van der Waals surface area contributed by atoms with Crippen LogP contribution in [0.25, 0.3) is 10.1 Å². The van der Waals surface area contributed by atoms with E-state index in [9.17, 15) is 4.79 Å². The van der Waals surface area contributed by atoms with Gasteiger partial charge in [0.25, 0.3) is 0 Å². The normalized spacial score (nSPS) is 10.4. The highest BCUT2D eigenvalue weighted by Gasteiger charge is 2.08. The van der Waals surface area contributed by atoms with Crippen LogP contribution < -0.4 is 4.74 Å². The molecule has 0 bridgehead atoms. The van der Waals surface area contributed by atoms with Crippen LogP contribution in [0.15, 0.2) is 18.2 Å². The van der Waals surface area contributed by atoms with Crippen LogP contribution in [0.5, 0.6) is 5.75 Å². The van der Waals surface area contributed by atoms with Crippen LogP contribution in [0, 0.1) is 3.57 Å². The van der Waals surface area contributed by atoms with E-state index in [2.05, 4.69) is 22.6 Å². The van der Waals surface area contributed by atoms with Crippen LogP contribution in [0.2, 0.25) is 0 Å². The summed E-state index contributed by atoms with van der Waals surface area (Å²) >= 11 is 3.74. The van der Waals surface area contributed by atoms with Gasteiger partial charge in [0, 0.05) is 10.1 Å². The van der Waals surface area contributed by atoms with Gasteiger partial charge >= 0.3 is 0 Å². The SMILES string of the molecule is COc1ccc2sc(C=O)cc2c1I. The Hall–Kier alpha value is -0.620. The van der Waals surface area contributed by atoms with Crippen molar-refractivity contribution in [2.24, 2.45) is 0 Å². The number of fused-ring (bicyclic) bond motifs is 1. The second-order valence-electron chi connectivity index (χ2n) is 2.76. The van der Waals surface area contributed by atoms with Crippen molar-refractivity contribution in [2.75, 3.05) is 7.11 Å². The molecule has 0 unspecified atom stereocenters. The summed E-state index contributed by atoms with van der Waals surface area (Å²) in [4.78, 5) is 11.4. The molecule has 1 aromatic heterocycles. The number of hydrogen-bond donors (Lipinski definition) is 0. The summed E-state index contributed by atoms with van der Waals surface area (Å²) in [6.45, 7) is 0. The Balaban J connectivity index is 2.74. The molecule has 0 aliphatic heterocycles. The molecule has 2 nitrogen and oxygen atoms in total. The van der Waals surface area contributed by atoms with Gasteiger partial charge in [-0.3, -0.25) is 4.79 Å². The van der Waals surface area contributed by atoms with E-state index in [1.54, 1.807) is 7.11 Å². The summed E-state index contributed by atoms with van der Waals surface area (Å²) in [6, 6.07) is 5.81. The topological polar surface area (TPSA) is 26.3 Å². The zero-order valence-corrected chi connectivity index (χ0v) is 10.4. The summed E-state index contributed by atoms with van der Waals surface area (Å²) in [7, 11) is 1.65. The first kappa shape index (κ1) is 9.92. The molecule has 0 atom stereocenters. The Morgan fingerprint density at radius 2 is 2.29 bits per heavy atom. The molecule has 0 N–H and O–H groups in total. The lowest BCUT2D eigenvalue weighted by Gasteiger charge is -2.02. The lowest BCUT2D eigenvalue weighted by molar-refractivity contribution is 0.112. The second-order valence-corrected chi connectivity index (χ2v) is 4.95. The van der Waals surface area contributed by atoms with Crippen LogP contribution in [-0.2, 0) is 0 Å². The van der Waals surface area contributed by atoms with Gasteiger partial charge in [0.05, 0.1) is 15.6 Å². The summed E-state index contributed by atoms with van der Waals surface area (Å²) in [5.41, 5.74) is 0. The van der Waals surface area contributed by atoms with Crippen molar-refractivity contribution in [1.82, 2.24) is 0 Å². The average molecular weight is 318 g/mol. The monoisotopic (exact) mass is 318 g/mol. The first-order valence-corrected chi connectivity index (χ1v) is 5.87. The Bertz CT molecular complexity index is 490. The predicted molar refractivity (Wildman–Crippen MR) is 66.5 cm³/mol. The lowest BCUT2D eigenvalue weighted by Crippen LogP contribution is -1.85. The van der Waals surface area contributed by atoms with Crippen molar-refractivity contribution in [3.8, 4) is 5.75 Å². The molecule has 1 heterocycles. The highest BCUT2D eigenvalue weighted by Crippen LogP contribution is 2.33. The molecule has 0 saturated heterocycles. The zero-order chi connectivity index (χ0) is 10.1. The molecule has 0 aliphatic rings. The number of methoxy groups -OCH3 is 1. The number of carbonyl (C=O) groups is 1. The predicted octanol–water partition coefficient (Wildman–Crippen LogP) is 3.33. The van der Waals surface area contributed by atoms with E-state index >= 15 is 0 Å². The molecule has 2 rings (SSSR count). The fraction of sp³-hybridized carbons (Fsp3) is 0.100. The molecule has 2 aromatic rings. The quantitative estimate of drug-likeness (QED) is 0.627. The Morgan fingerprint density at radius 3 is 2.93 bits per heavy atom. The van der Waals surface area contributed by atoms with Crippen LogP contribution in [-0.4, -0.2) is 13.4 Å². The van der Waals surface area contributed by atoms with Crippen molar-refractivity contribution in [1.29, 1.82) is 0 Å². The fourth-order valence-electron chi connectivity index (χ4n) is 1.29. The number of thiophene rings is 1. The number of carbonyl (C=O) groups excluding carboxylic acids is 1. The highest BCUT2D eigenvalue weighted by atomic mass is 127. The Kier molecular flexibility index (Phi) is 2.73. The van der Waals surface area contributed by atoms with E-state index < -0.39 is 0 Å². The maximum atomic E-state index is 10.6. The summed E-state index contributed by atoms with van der Waals surface area (Å²) in [5.74, 6) is 0.855. The molecule has 1 aromatic carbocycles. The van der Waals surface area contributed by atoms with Crippen LogP contribution in [0.4, 0.5) is 0 Å². The smallest absolute Gasteiger partial charge is 0.160 e. The van der Waals surface area contributed by atoms with Gasteiger partial charge in [0.2, 0.25) is 0 Å².